The maximum atomic E-state index is 12.4. The molecule has 0 N–H and O–H groups in total. The summed E-state index contributed by atoms with van der Waals surface area (Å²) in [4.78, 5) is 22.2. The van der Waals surface area contributed by atoms with E-state index in [0.717, 1.165) is 16.7 Å². The van der Waals surface area contributed by atoms with Crippen molar-refractivity contribution >= 4 is 33.4 Å². The van der Waals surface area contributed by atoms with Crippen LogP contribution in [0.2, 0.25) is 0 Å². The van der Waals surface area contributed by atoms with Crippen molar-refractivity contribution in [3.05, 3.63) is 70.0 Å². The van der Waals surface area contributed by atoms with Crippen LogP contribution >= 0.6 is 11.3 Å². The first kappa shape index (κ1) is 22.7. The van der Waals surface area contributed by atoms with Crippen LogP contribution in [0.5, 0.6) is 5.75 Å². The van der Waals surface area contributed by atoms with Crippen molar-refractivity contribution in [3.63, 3.8) is 0 Å². The molecule has 2 aromatic heterocycles. The minimum atomic E-state index is -0.381. The summed E-state index contributed by atoms with van der Waals surface area (Å²) >= 11 is 1.22. The Morgan fingerprint density at radius 2 is 1.88 bits per heavy atom. The molecule has 0 unspecified atom stereocenters. The van der Waals surface area contributed by atoms with Gasteiger partial charge in [0.25, 0.3) is 0 Å². The molecule has 6 nitrogen and oxygen atoms in total. The van der Waals surface area contributed by atoms with E-state index in [4.69, 9.17) is 18.9 Å². The highest BCUT2D eigenvalue weighted by atomic mass is 32.1. The molecule has 0 radical (unpaired) electrons. The number of thiazole rings is 1. The number of benzene rings is 2. The zero-order valence-corrected chi connectivity index (χ0v) is 20.2. The summed E-state index contributed by atoms with van der Waals surface area (Å²) in [5.41, 5.74) is 3.40. The van der Waals surface area contributed by atoms with Gasteiger partial charge in [-0.25, -0.2) is 14.8 Å². The molecular weight excluding hydrogens is 436 g/mol. The number of rotatable bonds is 6. The summed E-state index contributed by atoms with van der Waals surface area (Å²) in [5, 5.41) is 1.97. The Labute approximate surface area is 196 Å². The average molecular weight is 463 g/mol. The molecule has 0 bridgehead atoms. The van der Waals surface area contributed by atoms with Crippen LogP contribution in [0, 0.1) is 13.8 Å². The predicted molar refractivity (Wildman–Crippen MR) is 130 cm³/mol. The molecule has 7 heteroatoms. The van der Waals surface area contributed by atoms with Crippen molar-refractivity contribution in [2.45, 2.75) is 40.7 Å². The van der Waals surface area contributed by atoms with Crippen LogP contribution < -0.4 is 10.1 Å². The van der Waals surface area contributed by atoms with Crippen LogP contribution in [0.1, 0.15) is 41.7 Å². The van der Waals surface area contributed by atoms with E-state index in [9.17, 15) is 4.79 Å². The lowest BCUT2D eigenvalue weighted by atomic mass is 10.1. The molecule has 0 fully saturated rings. The number of nitrogens with zero attached hydrogens (tertiary/aromatic N) is 2. The lowest BCUT2D eigenvalue weighted by Gasteiger charge is -2.08. The summed E-state index contributed by atoms with van der Waals surface area (Å²) in [6.07, 6.45) is -0.201. The van der Waals surface area contributed by atoms with E-state index in [1.165, 1.54) is 16.9 Å². The van der Waals surface area contributed by atoms with Crippen molar-refractivity contribution in [1.29, 1.82) is 0 Å². The van der Waals surface area contributed by atoms with Crippen LogP contribution in [0.15, 0.2) is 57.9 Å². The van der Waals surface area contributed by atoms with E-state index in [2.05, 4.69) is 4.98 Å². The van der Waals surface area contributed by atoms with Gasteiger partial charge in [-0.2, -0.15) is 0 Å². The summed E-state index contributed by atoms with van der Waals surface area (Å²) in [5.74, 6) is 1.04. The highest BCUT2D eigenvalue weighted by Gasteiger charge is 2.18. The van der Waals surface area contributed by atoms with E-state index in [1.807, 2.05) is 76.2 Å². The third-order valence-corrected chi connectivity index (χ3v) is 5.92. The lowest BCUT2D eigenvalue weighted by molar-refractivity contribution is 0.0382. The number of aryl methyl sites for hydroxylation is 2. The zero-order chi connectivity index (χ0) is 23.5. The van der Waals surface area contributed by atoms with Crippen LogP contribution in [0.3, 0.4) is 0 Å². The summed E-state index contributed by atoms with van der Waals surface area (Å²) in [6, 6.07) is 15.7. The molecule has 2 heterocycles. The Kier molecular flexibility index (Phi) is 6.60. The second-order valence-electron chi connectivity index (χ2n) is 7.93. The van der Waals surface area contributed by atoms with Crippen LogP contribution in [0.4, 0.5) is 5.13 Å². The Morgan fingerprint density at radius 1 is 1.12 bits per heavy atom. The van der Waals surface area contributed by atoms with Crippen molar-refractivity contribution < 1.29 is 18.7 Å². The summed E-state index contributed by atoms with van der Waals surface area (Å²) < 4.78 is 17.2. The van der Waals surface area contributed by atoms with Gasteiger partial charge in [0.2, 0.25) is 5.13 Å². The number of carbonyl (C=O) groups excluding carboxylic acids is 1. The van der Waals surface area contributed by atoms with Gasteiger partial charge in [0.1, 0.15) is 22.0 Å². The normalized spacial score (nSPS) is 11.9. The van der Waals surface area contributed by atoms with E-state index in [1.54, 1.807) is 6.92 Å². The van der Waals surface area contributed by atoms with Gasteiger partial charge >= 0.3 is 5.97 Å². The second-order valence-corrected chi connectivity index (χ2v) is 8.91. The molecule has 0 atom stereocenters. The van der Waals surface area contributed by atoms with Crippen LogP contribution in [0.25, 0.3) is 22.3 Å². The van der Waals surface area contributed by atoms with Crippen molar-refractivity contribution in [1.82, 2.24) is 4.98 Å². The monoisotopic (exact) mass is 462 g/mol. The van der Waals surface area contributed by atoms with E-state index >= 15 is 0 Å². The fraction of sp³-hybridized carbons (Fsp3) is 0.269. The number of ether oxygens (including phenoxy) is 2. The fourth-order valence-corrected chi connectivity index (χ4v) is 4.18. The molecule has 0 saturated carbocycles. The molecule has 0 saturated heterocycles. The quantitative estimate of drug-likeness (QED) is 0.311. The Bertz CT molecular complexity index is 1370. The number of carbonyl (C=O) groups is 1. The number of aromatic nitrogens is 1. The zero-order valence-electron chi connectivity index (χ0n) is 19.3. The topological polar surface area (TPSA) is 73.9 Å². The van der Waals surface area contributed by atoms with Crippen LogP contribution in [-0.2, 0) is 4.74 Å². The molecule has 0 aliphatic rings. The fourth-order valence-electron chi connectivity index (χ4n) is 3.35. The number of hydrogen-bond acceptors (Lipinski definition) is 7. The highest BCUT2D eigenvalue weighted by molar-refractivity contribution is 7.17. The Hall–Kier alpha value is -3.45. The molecule has 170 valence electrons. The van der Waals surface area contributed by atoms with E-state index in [0.29, 0.717) is 39.0 Å². The molecular formula is C26H26N2O4S. The highest BCUT2D eigenvalue weighted by Crippen LogP contribution is 2.28. The minimum absolute atomic E-state index is 0.201. The first-order valence-electron chi connectivity index (χ1n) is 10.8. The van der Waals surface area contributed by atoms with Gasteiger partial charge in [-0.3, -0.25) is 0 Å². The SMILES string of the molecule is CCOc1ccc2oc(-c3ccc(C)cc3)c/c(=N\c3nc(C)c(C(=O)OC(C)C)s3)c2c1. The largest absolute Gasteiger partial charge is 0.494 e. The van der Waals surface area contributed by atoms with Gasteiger partial charge in [-0.05, 0) is 52.8 Å². The molecule has 0 aliphatic heterocycles. The van der Waals surface area contributed by atoms with Crippen molar-refractivity contribution in [2.24, 2.45) is 4.99 Å². The van der Waals surface area contributed by atoms with Gasteiger partial charge in [-0.15, -0.1) is 0 Å². The number of esters is 1. The summed E-state index contributed by atoms with van der Waals surface area (Å²) in [7, 11) is 0. The first-order valence-corrected chi connectivity index (χ1v) is 11.7. The Balaban J connectivity index is 1.88. The summed E-state index contributed by atoms with van der Waals surface area (Å²) in [6.45, 7) is 9.98. The van der Waals surface area contributed by atoms with Gasteiger partial charge in [0, 0.05) is 17.0 Å². The smallest absolute Gasteiger partial charge is 0.350 e. The van der Waals surface area contributed by atoms with Gasteiger partial charge < -0.3 is 13.9 Å². The third kappa shape index (κ3) is 5.14. The van der Waals surface area contributed by atoms with E-state index in [-0.39, 0.29) is 12.1 Å². The predicted octanol–water partition coefficient (Wildman–Crippen LogP) is 6.37. The average Bonchev–Trinajstić information content (AvgIpc) is 3.14. The lowest BCUT2D eigenvalue weighted by Crippen LogP contribution is -2.11. The molecule has 4 aromatic rings. The minimum Gasteiger partial charge on any atom is -0.494 e. The second kappa shape index (κ2) is 9.58. The number of hydrogen-bond donors (Lipinski definition) is 0. The van der Waals surface area contributed by atoms with Crippen LogP contribution in [-0.4, -0.2) is 23.7 Å². The standard InChI is InChI=1S/C26H26N2O4S/c1-6-30-19-11-12-22-20(13-19)21(14-23(32-22)18-9-7-16(4)8-10-18)28-26-27-17(5)24(33-26)25(29)31-15(2)3/h7-15H,6H2,1-5H3/b28-21+. The Morgan fingerprint density at radius 3 is 2.58 bits per heavy atom. The van der Waals surface area contributed by atoms with Gasteiger partial charge in [0.05, 0.1) is 23.8 Å². The van der Waals surface area contributed by atoms with Gasteiger partial charge in [-0.1, -0.05) is 41.2 Å². The molecule has 0 spiro atoms. The number of fused-ring (bicyclic) bond motifs is 1. The molecule has 4 rings (SSSR count). The maximum Gasteiger partial charge on any atom is 0.350 e. The molecule has 33 heavy (non-hydrogen) atoms. The third-order valence-electron chi connectivity index (χ3n) is 4.89. The molecule has 0 amide bonds. The maximum absolute atomic E-state index is 12.4. The molecule has 2 aromatic carbocycles. The van der Waals surface area contributed by atoms with Crippen molar-refractivity contribution in [2.75, 3.05) is 6.61 Å². The van der Waals surface area contributed by atoms with E-state index < -0.39 is 0 Å². The van der Waals surface area contributed by atoms with Crippen molar-refractivity contribution in [3.8, 4) is 17.1 Å². The molecule has 0 aliphatic carbocycles. The first-order chi connectivity index (χ1) is 15.8. The van der Waals surface area contributed by atoms with Gasteiger partial charge in [0.15, 0.2) is 0 Å².